The fourth-order valence-corrected chi connectivity index (χ4v) is 4.17. The molecule has 0 bridgehead atoms. The topological polar surface area (TPSA) is 74.6 Å². The van der Waals surface area contributed by atoms with Crippen molar-refractivity contribution in [3.05, 3.63) is 46.9 Å². The number of hydrogen-bond acceptors (Lipinski definition) is 5. The number of nitrogens with zero attached hydrogens (tertiary/aromatic N) is 4. The number of imidazole rings is 1. The van der Waals surface area contributed by atoms with Gasteiger partial charge in [-0.2, -0.15) is 0 Å². The molecule has 0 atom stereocenters. The van der Waals surface area contributed by atoms with Crippen LogP contribution in [0.15, 0.2) is 30.6 Å². The summed E-state index contributed by atoms with van der Waals surface area (Å²) in [5.41, 5.74) is 3.14. The van der Waals surface area contributed by atoms with E-state index in [0.29, 0.717) is 5.13 Å². The predicted molar refractivity (Wildman–Crippen MR) is 102 cm³/mol. The van der Waals surface area contributed by atoms with Crippen LogP contribution in [-0.2, 0) is 19.5 Å². The van der Waals surface area contributed by atoms with Crippen molar-refractivity contribution in [2.75, 3.05) is 11.9 Å². The zero-order valence-corrected chi connectivity index (χ0v) is 15.7. The van der Waals surface area contributed by atoms with Crippen molar-refractivity contribution in [2.45, 2.75) is 39.4 Å². The number of hydrogen-bond donors (Lipinski definition) is 2. The molecule has 1 aliphatic rings. The second-order valence-electron chi connectivity index (χ2n) is 6.80. The van der Waals surface area contributed by atoms with Gasteiger partial charge in [-0.25, -0.2) is 14.8 Å². The molecule has 0 fully saturated rings. The minimum Gasteiger partial charge on any atom is -0.336 e. The van der Waals surface area contributed by atoms with E-state index in [1.807, 2.05) is 42.6 Å². The van der Waals surface area contributed by atoms with Crippen LogP contribution in [0.4, 0.5) is 9.93 Å². The van der Waals surface area contributed by atoms with E-state index in [0.717, 1.165) is 43.1 Å². The van der Waals surface area contributed by atoms with Crippen LogP contribution in [0.5, 0.6) is 0 Å². The van der Waals surface area contributed by atoms with Gasteiger partial charge in [0, 0.05) is 49.4 Å². The highest BCUT2D eigenvalue weighted by atomic mass is 32.1. The highest BCUT2D eigenvalue weighted by Crippen LogP contribution is 2.29. The number of aromatic nitrogens is 3. The molecule has 0 aliphatic carbocycles. The first-order valence-corrected chi connectivity index (χ1v) is 9.59. The third-order valence-corrected chi connectivity index (χ3v) is 5.25. The molecule has 26 heavy (non-hydrogen) atoms. The van der Waals surface area contributed by atoms with Crippen LogP contribution < -0.4 is 10.6 Å². The zero-order valence-electron chi connectivity index (χ0n) is 14.9. The van der Waals surface area contributed by atoms with Crippen LogP contribution in [0.3, 0.4) is 0 Å². The molecule has 4 rings (SSSR count). The van der Waals surface area contributed by atoms with Crippen molar-refractivity contribution in [1.82, 2.24) is 24.6 Å². The van der Waals surface area contributed by atoms with Crippen LogP contribution >= 0.6 is 11.3 Å². The molecule has 3 aromatic heterocycles. The molecule has 0 unspecified atom stereocenters. The van der Waals surface area contributed by atoms with Gasteiger partial charge in [-0.15, -0.1) is 11.3 Å². The Labute approximate surface area is 156 Å². The average Bonchev–Trinajstić information content (AvgIpc) is 3.15. The van der Waals surface area contributed by atoms with Gasteiger partial charge in [0.15, 0.2) is 5.13 Å². The number of pyridine rings is 1. The predicted octanol–water partition coefficient (Wildman–Crippen LogP) is 2.88. The van der Waals surface area contributed by atoms with Crippen molar-refractivity contribution in [3.8, 4) is 0 Å². The standard InChI is InChI=1S/C18H22N6OS/c1-12(2)19-17(25)22-18-21-14-6-8-23(11-15(14)26-18)9-13-10-24-7-4-3-5-16(24)20-13/h3-5,7,10,12H,6,8-9,11H2,1-2H3,(H2,19,21,22,25). The Morgan fingerprint density at radius 1 is 1.35 bits per heavy atom. The van der Waals surface area contributed by atoms with E-state index < -0.39 is 0 Å². The Kier molecular flexibility index (Phi) is 4.60. The molecular formula is C18H22N6OS. The normalized spacial score (nSPS) is 14.6. The first kappa shape index (κ1) is 17.0. The smallest absolute Gasteiger partial charge is 0.321 e. The minimum atomic E-state index is -0.201. The van der Waals surface area contributed by atoms with E-state index >= 15 is 0 Å². The summed E-state index contributed by atoms with van der Waals surface area (Å²) >= 11 is 1.56. The lowest BCUT2D eigenvalue weighted by molar-refractivity contribution is 0.244. The second kappa shape index (κ2) is 7.05. The number of carbonyl (C=O) groups excluding carboxylic acids is 1. The van der Waals surface area contributed by atoms with Gasteiger partial charge in [-0.05, 0) is 26.0 Å². The molecule has 136 valence electrons. The lowest BCUT2D eigenvalue weighted by Gasteiger charge is -2.24. The number of amides is 2. The SMILES string of the molecule is CC(C)NC(=O)Nc1nc2c(s1)CN(Cc1cn3ccccc3n1)CC2. The van der Waals surface area contributed by atoms with Crippen LogP contribution in [-0.4, -0.2) is 37.9 Å². The molecule has 0 saturated heterocycles. The number of carbonyl (C=O) groups is 1. The third kappa shape index (κ3) is 3.71. The lowest BCUT2D eigenvalue weighted by Crippen LogP contribution is -2.34. The fraction of sp³-hybridized carbons (Fsp3) is 0.389. The maximum absolute atomic E-state index is 11.8. The first-order chi connectivity index (χ1) is 12.6. The van der Waals surface area contributed by atoms with Crippen LogP contribution in [0.25, 0.3) is 5.65 Å². The molecule has 0 radical (unpaired) electrons. The van der Waals surface area contributed by atoms with Gasteiger partial charge in [0.25, 0.3) is 0 Å². The van der Waals surface area contributed by atoms with Gasteiger partial charge in [0.05, 0.1) is 11.4 Å². The van der Waals surface area contributed by atoms with Gasteiger partial charge < -0.3 is 9.72 Å². The lowest BCUT2D eigenvalue weighted by atomic mass is 10.2. The van der Waals surface area contributed by atoms with E-state index in [-0.39, 0.29) is 12.1 Å². The molecule has 2 amide bonds. The van der Waals surface area contributed by atoms with E-state index in [9.17, 15) is 4.79 Å². The monoisotopic (exact) mass is 370 g/mol. The number of nitrogens with one attached hydrogen (secondary N) is 2. The molecule has 4 heterocycles. The molecule has 3 aromatic rings. The van der Waals surface area contributed by atoms with Crippen molar-refractivity contribution >= 4 is 28.1 Å². The third-order valence-electron chi connectivity index (χ3n) is 4.25. The Hall–Kier alpha value is -2.45. The molecule has 0 aromatic carbocycles. The number of urea groups is 1. The Morgan fingerprint density at radius 2 is 2.23 bits per heavy atom. The first-order valence-electron chi connectivity index (χ1n) is 8.78. The molecule has 7 nitrogen and oxygen atoms in total. The highest BCUT2D eigenvalue weighted by molar-refractivity contribution is 7.15. The molecule has 2 N–H and O–H groups in total. The maximum atomic E-state index is 11.8. The average molecular weight is 370 g/mol. The van der Waals surface area contributed by atoms with Gasteiger partial charge >= 0.3 is 6.03 Å². The van der Waals surface area contributed by atoms with Crippen molar-refractivity contribution in [1.29, 1.82) is 0 Å². The summed E-state index contributed by atoms with van der Waals surface area (Å²) in [6.45, 7) is 6.47. The number of thiazole rings is 1. The van der Waals surface area contributed by atoms with Gasteiger partial charge in [0.2, 0.25) is 0 Å². The van der Waals surface area contributed by atoms with E-state index in [1.165, 1.54) is 4.88 Å². The molecular weight excluding hydrogens is 348 g/mol. The van der Waals surface area contributed by atoms with Gasteiger partial charge in [-0.1, -0.05) is 6.07 Å². The summed E-state index contributed by atoms with van der Waals surface area (Å²) in [5.74, 6) is 0. The van der Waals surface area contributed by atoms with Crippen molar-refractivity contribution in [2.24, 2.45) is 0 Å². The van der Waals surface area contributed by atoms with Crippen LogP contribution in [0.2, 0.25) is 0 Å². The quantitative estimate of drug-likeness (QED) is 0.741. The summed E-state index contributed by atoms with van der Waals surface area (Å²) in [5, 5.41) is 6.33. The highest BCUT2D eigenvalue weighted by Gasteiger charge is 2.22. The minimum absolute atomic E-state index is 0.102. The molecule has 0 saturated carbocycles. The Balaban J connectivity index is 1.41. The van der Waals surface area contributed by atoms with Gasteiger partial charge in [-0.3, -0.25) is 10.2 Å². The summed E-state index contributed by atoms with van der Waals surface area (Å²) in [7, 11) is 0. The van der Waals surface area contributed by atoms with Crippen LogP contribution in [0.1, 0.15) is 30.1 Å². The largest absolute Gasteiger partial charge is 0.336 e. The zero-order chi connectivity index (χ0) is 18.1. The van der Waals surface area contributed by atoms with E-state index in [4.69, 9.17) is 0 Å². The Bertz CT molecular complexity index is 898. The number of fused-ring (bicyclic) bond motifs is 2. The molecule has 8 heteroatoms. The summed E-state index contributed by atoms with van der Waals surface area (Å²) in [4.78, 5) is 24.7. The van der Waals surface area contributed by atoms with Crippen molar-refractivity contribution in [3.63, 3.8) is 0 Å². The molecule has 1 aliphatic heterocycles. The Morgan fingerprint density at radius 3 is 3.04 bits per heavy atom. The summed E-state index contributed by atoms with van der Waals surface area (Å²) in [6.07, 6.45) is 5.00. The summed E-state index contributed by atoms with van der Waals surface area (Å²) < 4.78 is 2.05. The maximum Gasteiger partial charge on any atom is 0.321 e. The van der Waals surface area contributed by atoms with E-state index in [1.54, 1.807) is 11.3 Å². The van der Waals surface area contributed by atoms with Crippen LogP contribution in [0, 0.1) is 0 Å². The van der Waals surface area contributed by atoms with Gasteiger partial charge in [0.1, 0.15) is 5.65 Å². The fourth-order valence-electron chi connectivity index (χ4n) is 3.12. The number of rotatable bonds is 4. The van der Waals surface area contributed by atoms with Crippen molar-refractivity contribution < 1.29 is 4.79 Å². The molecule has 0 spiro atoms. The summed E-state index contributed by atoms with van der Waals surface area (Å²) in [6, 6.07) is 5.92. The number of anilines is 1. The van der Waals surface area contributed by atoms with E-state index in [2.05, 4.69) is 31.7 Å². The second-order valence-corrected chi connectivity index (χ2v) is 7.88.